The number of esters is 1. The number of pyridine rings is 1. The fraction of sp³-hybridized carbons (Fsp3) is 0.258. The molecule has 0 radical (unpaired) electrons. The molecule has 1 saturated heterocycles. The highest BCUT2D eigenvalue weighted by Gasteiger charge is 2.34. The summed E-state index contributed by atoms with van der Waals surface area (Å²) >= 11 is 0. The van der Waals surface area contributed by atoms with Crippen molar-refractivity contribution in [3.63, 3.8) is 0 Å². The van der Waals surface area contributed by atoms with Crippen LogP contribution in [-0.2, 0) is 15.8 Å². The van der Waals surface area contributed by atoms with E-state index < -0.39 is 23.7 Å². The van der Waals surface area contributed by atoms with Crippen LogP contribution in [0.3, 0.4) is 0 Å². The first-order valence-corrected chi connectivity index (χ1v) is 13.3. The molecule has 10 heteroatoms. The molecule has 0 atom stereocenters. The Bertz CT molecular complexity index is 1510. The van der Waals surface area contributed by atoms with Gasteiger partial charge in [-0.25, -0.2) is 9.59 Å². The molecule has 0 spiro atoms. The number of nitrogens with zero attached hydrogens (tertiary/aromatic N) is 2. The summed E-state index contributed by atoms with van der Waals surface area (Å²) in [6, 6.07) is 17.1. The number of carbonyl (C=O) groups is 2. The third-order valence-electron chi connectivity index (χ3n) is 7.04. The fourth-order valence-corrected chi connectivity index (χ4v) is 5.10. The van der Waals surface area contributed by atoms with Crippen molar-refractivity contribution in [3.05, 3.63) is 102 Å². The molecule has 0 aliphatic carbocycles. The molecule has 3 heterocycles. The molecule has 4 aromatic rings. The van der Waals surface area contributed by atoms with Crippen LogP contribution in [0.25, 0.3) is 22.4 Å². The highest BCUT2D eigenvalue weighted by molar-refractivity contribution is 6.03. The molecule has 7 nitrogen and oxygen atoms in total. The molecule has 1 N–H and O–H groups in total. The Hall–Kier alpha value is -4.44. The standard InChI is InChI=1S/C31H28F3N3O4/c1-2-40-30(39)26-25(20-11-15-35-16-12-20)28(23-9-6-10-24(19-23)31(32,33)34)36-27(26)21-13-17-37(18-14-21)41-29(38)22-7-4-3-5-8-22/h3-12,15-16,19,21,36H,2,13-14,17-18H2,1H3. The summed E-state index contributed by atoms with van der Waals surface area (Å²) < 4.78 is 46.3. The molecule has 2 aromatic heterocycles. The summed E-state index contributed by atoms with van der Waals surface area (Å²) in [4.78, 5) is 38.9. The molecule has 212 valence electrons. The zero-order chi connectivity index (χ0) is 29.0. The minimum absolute atomic E-state index is 0.131. The van der Waals surface area contributed by atoms with E-state index in [0.717, 1.165) is 12.1 Å². The van der Waals surface area contributed by atoms with Gasteiger partial charge in [0, 0.05) is 42.7 Å². The lowest BCUT2D eigenvalue weighted by molar-refractivity contribution is -0.137. The van der Waals surface area contributed by atoms with Gasteiger partial charge in [-0.1, -0.05) is 30.3 Å². The van der Waals surface area contributed by atoms with Gasteiger partial charge in [0.2, 0.25) is 0 Å². The third-order valence-corrected chi connectivity index (χ3v) is 7.04. The van der Waals surface area contributed by atoms with Crippen LogP contribution in [0.2, 0.25) is 0 Å². The van der Waals surface area contributed by atoms with Crippen molar-refractivity contribution >= 4 is 11.9 Å². The molecule has 2 aromatic carbocycles. The van der Waals surface area contributed by atoms with Crippen molar-refractivity contribution in [2.24, 2.45) is 0 Å². The summed E-state index contributed by atoms with van der Waals surface area (Å²) in [5.41, 5.74) is 2.26. The average molecular weight is 564 g/mol. The molecular formula is C31H28F3N3O4. The first-order valence-electron chi connectivity index (χ1n) is 13.3. The predicted molar refractivity (Wildman–Crippen MR) is 146 cm³/mol. The van der Waals surface area contributed by atoms with E-state index in [1.54, 1.807) is 66.8 Å². The Morgan fingerprint density at radius 1 is 0.951 bits per heavy atom. The second-order valence-corrected chi connectivity index (χ2v) is 9.65. The number of rotatable bonds is 7. The van der Waals surface area contributed by atoms with Crippen LogP contribution in [0, 0.1) is 0 Å². The molecule has 41 heavy (non-hydrogen) atoms. The third kappa shape index (κ3) is 6.17. The number of halogens is 3. The number of alkyl halides is 3. The number of hydroxylamine groups is 2. The van der Waals surface area contributed by atoms with Crippen molar-refractivity contribution in [3.8, 4) is 22.4 Å². The summed E-state index contributed by atoms with van der Waals surface area (Å²) in [5, 5.41) is 1.59. The van der Waals surface area contributed by atoms with Crippen LogP contribution < -0.4 is 0 Å². The molecule has 0 amide bonds. The van der Waals surface area contributed by atoms with E-state index in [2.05, 4.69) is 9.97 Å². The van der Waals surface area contributed by atoms with Crippen LogP contribution in [0.5, 0.6) is 0 Å². The number of carbonyl (C=O) groups excluding carboxylic acids is 2. The number of aromatic nitrogens is 2. The number of hydrogen-bond acceptors (Lipinski definition) is 6. The lowest BCUT2D eigenvalue weighted by atomic mass is 9.89. The Balaban J connectivity index is 1.52. The molecule has 1 aliphatic heterocycles. The van der Waals surface area contributed by atoms with E-state index in [4.69, 9.17) is 9.57 Å². The second-order valence-electron chi connectivity index (χ2n) is 9.65. The normalized spacial score (nSPS) is 14.5. The molecule has 0 bridgehead atoms. The maximum absolute atomic E-state index is 13.6. The highest BCUT2D eigenvalue weighted by atomic mass is 19.4. The van der Waals surface area contributed by atoms with Crippen LogP contribution >= 0.6 is 0 Å². The maximum atomic E-state index is 13.6. The quantitative estimate of drug-likeness (QED) is 0.247. The van der Waals surface area contributed by atoms with Crippen LogP contribution in [0.1, 0.15) is 57.7 Å². The number of aromatic amines is 1. The Labute approximate surface area is 234 Å². The number of piperidine rings is 1. The fourth-order valence-electron chi connectivity index (χ4n) is 5.10. The largest absolute Gasteiger partial charge is 0.462 e. The molecule has 1 aliphatic rings. The molecule has 0 unspecified atom stereocenters. The van der Waals surface area contributed by atoms with Gasteiger partial charge in [0.25, 0.3) is 0 Å². The number of ether oxygens (including phenoxy) is 1. The topological polar surface area (TPSA) is 84.5 Å². The predicted octanol–water partition coefficient (Wildman–Crippen LogP) is 6.89. The summed E-state index contributed by atoms with van der Waals surface area (Å²) in [5.74, 6) is -1.19. The van der Waals surface area contributed by atoms with Crippen molar-refractivity contribution in [1.82, 2.24) is 15.0 Å². The van der Waals surface area contributed by atoms with Gasteiger partial charge >= 0.3 is 18.1 Å². The van der Waals surface area contributed by atoms with Gasteiger partial charge < -0.3 is 14.6 Å². The van der Waals surface area contributed by atoms with Crippen molar-refractivity contribution < 1.29 is 32.3 Å². The van der Waals surface area contributed by atoms with E-state index in [9.17, 15) is 22.8 Å². The van der Waals surface area contributed by atoms with Gasteiger partial charge in [-0.05, 0) is 67.3 Å². The highest BCUT2D eigenvalue weighted by Crippen LogP contribution is 2.43. The number of nitrogens with one attached hydrogen (secondary N) is 1. The molecule has 0 saturated carbocycles. The summed E-state index contributed by atoms with van der Waals surface area (Å²) in [6.07, 6.45) is -0.339. The number of hydrogen-bond donors (Lipinski definition) is 1. The van der Waals surface area contributed by atoms with Gasteiger partial charge in [0.1, 0.15) is 0 Å². The second kappa shape index (κ2) is 12.0. The van der Waals surface area contributed by atoms with Crippen molar-refractivity contribution in [1.29, 1.82) is 0 Å². The minimum atomic E-state index is -4.53. The van der Waals surface area contributed by atoms with E-state index in [1.807, 2.05) is 6.07 Å². The number of H-pyrrole nitrogens is 1. The zero-order valence-electron chi connectivity index (χ0n) is 22.3. The SMILES string of the molecule is CCOC(=O)c1c(C2CCN(OC(=O)c3ccccc3)CC2)[nH]c(-c2cccc(C(F)(F)F)c2)c1-c1ccncc1. The van der Waals surface area contributed by atoms with Crippen LogP contribution in [0.4, 0.5) is 13.2 Å². The molecule has 5 rings (SSSR count). The molecular weight excluding hydrogens is 535 g/mol. The minimum Gasteiger partial charge on any atom is -0.462 e. The van der Waals surface area contributed by atoms with E-state index in [0.29, 0.717) is 54.0 Å². The van der Waals surface area contributed by atoms with Crippen molar-refractivity contribution in [2.75, 3.05) is 19.7 Å². The monoisotopic (exact) mass is 563 g/mol. The smallest absolute Gasteiger partial charge is 0.416 e. The first-order chi connectivity index (χ1) is 19.8. The maximum Gasteiger partial charge on any atom is 0.416 e. The Morgan fingerprint density at radius 3 is 2.32 bits per heavy atom. The summed E-state index contributed by atoms with van der Waals surface area (Å²) in [6.45, 7) is 2.65. The molecule has 1 fully saturated rings. The van der Waals surface area contributed by atoms with E-state index in [1.165, 1.54) is 6.07 Å². The Kier molecular flexibility index (Phi) is 8.21. The van der Waals surface area contributed by atoms with Gasteiger partial charge in [-0.2, -0.15) is 13.2 Å². The van der Waals surface area contributed by atoms with Gasteiger partial charge in [-0.15, -0.1) is 5.06 Å². The van der Waals surface area contributed by atoms with Gasteiger partial charge in [0.05, 0.1) is 29.0 Å². The van der Waals surface area contributed by atoms with Gasteiger partial charge in [0.15, 0.2) is 0 Å². The van der Waals surface area contributed by atoms with Crippen molar-refractivity contribution in [2.45, 2.75) is 31.9 Å². The average Bonchev–Trinajstić information content (AvgIpc) is 3.39. The van der Waals surface area contributed by atoms with Gasteiger partial charge in [-0.3, -0.25) is 4.98 Å². The first kappa shape index (κ1) is 28.1. The summed E-state index contributed by atoms with van der Waals surface area (Å²) in [7, 11) is 0. The van der Waals surface area contributed by atoms with Crippen LogP contribution in [0.15, 0.2) is 79.1 Å². The lowest BCUT2D eigenvalue weighted by Crippen LogP contribution is -2.35. The van der Waals surface area contributed by atoms with E-state index >= 15 is 0 Å². The zero-order valence-corrected chi connectivity index (χ0v) is 22.3. The number of benzene rings is 2. The van der Waals surface area contributed by atoms with Crippen LogP contribution in [-0.4, -0.2) is 46.7 Å². The van der Waals surface area contributed by atoms with E-state index in [-0.39, 0.29) is 23.7 Å². The lowest BCUT2D eigenvalue weighted by Gasteiger charge is -2.30. The Morgan fingerprint density at radius 2 is 1.66 bits per heavy atom.